The molecule has 4 rings (SSSR count). The van der Waals surface area contributed by atoms with Crippen molar-refractivity contribution in [3.05, 3.63) is 46.5 Å². The Morgan fingerprint density at radius 3 is 2.64 bits per heavy atom. The molecule has 3 amide bonds. The zero-order valence-corrected chi connectivity index (χ0v) is 18.9. The number of nitrogens with one attached hydrogen (secondary N) is 2. The summed E-state index contributed by atoms with van der Waals surface area (Å²) in [7, 11) is 0. The molecule has 0 aliphatic carbocycles. The predicted molar refractivity (Wildman–Crippen MR) is 118 cm³/mol. The Labute approximate surface area is 196 Å². The Morgan fingerprint density at radius 1 is 1.15 bits per heavy atom. The summed E-state index contributed by atoms with van der Waals surface area (Å²) >= 11 is 6.04. The second-order valence-corrected chi connectivity index (χ2v) is 9.06. The van der Waals surface area contributed by atoms with E-state index in [-0.39, 0.29) is 18.4 Å². The van der Waals surface area contributed by atoms with Gasteiger partial charge in [0.15, 0.2) is 0 Å². The molecule has 0 aromatic heterocycles. The average molecular weight is 476 g/mol. The number of rotatable bonds is 4. The van der Waals surface area contributed by atoms with Gasteiger partial charge in [0.25, 0.3) is 5.91 Å². The van der Waals surface area contributed by atoms with Crippen LogP contribution < -0.4 is 10.6 Å². The topological polar surface area (TPSA) is 125 Å². The number of ether oxygens (including phenoxy) is 1. The molecule has 3 N–H and O–H groups in total. The van der Waals surface area contributed by atoms with Crippen LogP contribution in [0.4, 0.5) is 0 Å². The van der Waals surface area contributed by atoms with E-state index in [1.807, 2.05) is 12.2 Å². The second-order valence-electron chi connectivity index (χ2n) is 8.62. The van der Waals surface area contributed by atoms with Crippen LogP contribution in [-0.4, -0.2) is 64.2 Å². The highest BCUT2D eigenvalue weighted by atomic mass is 35.5. The first-order valence-corrected chi connectivity index (χ1v) is 11.3. The normalized spacial score (nSPS) is 30.2. The molecule has 33 heavy (non-hydrogen) atoms. The van der Waals surface area contributed by atoms with Crippen molar-refractivity contribution < 1.29 is 29.0 Å². The number of fused-ring (bicyclic) bond motifs is 1. The molecule has 0 saturated carbocycles. The number of hydrogen-bond donors (Lipinski definition) is 3. The fourth-order valence-corrected chi connectivity index (χ4v) is 4.79. The molecule has 3 aliphatic rings. The summed E-state index contributed by atoms with van der Waals surface area (Å²) in [6.45, 7) is 1.79. The number of cyclic esters (lactones) is 1. The Bertz CT molecular complexity index is 1010. The minimum absolute atomic E-state index is 0.128. The highest BCUT2D eigenvalue weighted by Crippen LogP contribution is 2.30. The Morgan fingerprint density at radius 2 is 1.91 bits per heavy atom. The summed E-state index contributed by atoms with van der Waals surface area (Å²) in [6, 6.07) is 2.35. The molecule has 176 valence electrons. The minimum Gasteiger partial charge on any atom is -0.434 e. The molecule has 2 fully saturated rings. The largest absolute Gasteiger partial charge is 0.434 e. The van der Waals surface area contributed by atoms with Crippen LogP contribution in [0.2, 0.25) is 5.02 Å². The smallest absolute Gasteiger partial charge is 0.310 e. The van der Waals surface area contributed by atoms with Crippen LogP contribution in [0, 0.1) is 6.92 Å². The SMILES string of the molecule is Cc1ccc(Cl)cc1C(=O)N[C@H]1C/C=C\C[C@@H]2CC[C@@H](C(=O)NC3CC(=O)OC3O)N2C1=O. The zero-order valence-electron chi connectivity index (χ0n) is 18.1. The van der Waals surface area contributed by atoms with E-state index in [1.54, 1.807) is 30.0 Å². The predicted octanol–water partition coefficient (Wildman–Crippen LogP) is 1.21. The summed E-state index contributed by atoms with van der Waals surface area (Å²) in [4.78, 5) is 52.3. The first kappa shape index (κ1) is 23.3. The fourth-order valence-electron chi connectivity index (χ4n) is 4.61. The summed E-state index contributed by atoms with van der Waals surface area (Å²) in [6.07, 6.45) is 4.28. The van der Waals surface area contributed by atoms with Crippen LogP contribution in [0.1, 0.15) is 48.0 Å². The monoisotopic (exact) mass is 475 g/mol. The maximum absolute atomic E-state index is 13.5. The standard InChI is InChI=1S/C23H26ClN3O6/c1-12-6-7-13(24)10-15(12)20(29)25-16-5-3-2-4-14-8-9-18(27(14)22(16)31)21(30)26-17-11-19(28)33-23(17)32/h2-3,6-7,10,14,16-18,23,32H,4-5,8-9,11H2,1H3,(H,25,29)(H,26,30)/b3-2-/t14-,16+,17?,18+,23?/m1/s1. The first-order chi connectivity index (χ1) is 15.7. The molecule has 2 unspecified atom stereocenters. The molecule has 2 saturated heterocycles. The summed E-state index contributed by atoms with van der Waals surface area (Å²) < 4.78 is 4.68. The van der Waals surface area contributed by atoms with E-state index in [4.69, 9.17) is 11.6 Å². The summed E-state index contributed by atoms with van der Waals surface area (Å²) in [5, 5.41) is 15.7. The number of benzene rings is 1. The van der Waals surface area contributed by atoms with Crippen LogP contribution in [-0.2, 0) is 19.1 Å². The lowest BCUT2D eigenvalue weighted by Crippen LogP contribution is -2.57. The maximum Gasteiger partial charge on any atom is 0.310 e. The van der Waals surface area contributed by atoms with Crippen molar-refractivity contribution in [1.82, 2.24) is 15.5 Å². The van der Waals surface area contributed by atoms with Gasteiger partial charge in [0, 0.05) is 16.6 Å². The third-order valence-electron chi connectivity index (χ3n) is 6.36. The van der Waals surface area contributed by atoms with Crippen LogP contribution in [0.25, 0.3) is 0 Å². The number of carbonyl (C=O) groups excluding carboxylic acids is 4. The number of carbonyl (C=O) groups is 4. The number of amides is 3. The quantitative estimate of drug-likeness (QED) is 0.444. The van der Waals surface area contributed by atoms with E-state index in [0.29, 0.717) is 36.3 Å². The molecule has 9 nitrogen and oxygen atoms in total. The van der Waals surface area contributed by atoms with E-state index in [0.717, 1.165) is 5.56 Å². The maximum atomic E-state index is 13.5. The molecule has 3 aliphatic heterocycles. The van der Waals surface area contributed by atoms with Crippen LogP contribution in [0.5, 0.6) is 0 Å². The van der Waals surface area contributed by atoms with Gasteiger partial charge in [0.2, 0.25) is 18.1 Å². The second kappa shape index (κ2) is 9.52. The molecule has 0 spiro atoms. The van der Waals surface area contributed by atoms with Gasteiger partial charge in [-0.15, -0.1) is 0 Å². The van der Waals surface area contributed by atoms with Crippen molar-refractivity contribution in [2.24, 2.45) is 0 Å². The molecular weight excluding hydrogens is 450 g/mol. The van der Waals surface area contributed by atoms with Gasteiger partial charge in [-0.3, -0.25) is 19.2 Å². The Balaban J connectivity index is 1.51. The van der Waals surface area contributed by atoms with Crippen LogP contribution >= 0.6 is 11.6 Å². The van der Waals surface area contributed by atoms with Gasteiger partial charge < -0.3 is 25.4 Å². The fraction of sp³-hybridized carbons (Fsp3) is 0.478. The van der Waals surface area contributed by atoms with Gasteiger partial charge in [-0.1, -0.05) is 29.8 Å². The summed E-state index contributed by atoms with van der Waals surface area (Å²) in [5.41, 5.74) is 1.11. The van der Waals surface area contributed by atoms with Crippen LogP contribution in [0.3, 0.4) is 0 Å². The Kier molecular flexibility index (Phi) is 6.71. The number of aliphatic hydroxyl groups is 1. The number of nitrogens with zero attached hydrogens (tertiary/aromatic N) is 1. The van der Waals surface area contributed by atoms with Gasteiger partial charge in [-0.2, -0.15) is 0 Å². The van der Waals surface area contributed by atoms with Crippen molar-refractivity contribution in [2.75, 3.05) is 0 Å². The lowest BCUT2D eigenvalue weighted by molar-refractivity contribution is -0.155. The van der Waals surface area contributed by atoms with Gasteiger partial charge in [0.05, 0.1) is 6.42 Å². The average Bonchev–Trinajstić information content (AvgIpc) is 3.32. The van der Waals surface area contributed by atoms with Crippen molar-refractivity contribution in [3.63, 3.8) is 0 Å². The molecule has 0 radical (unpaired) electrons. The lowest BCUT2D eigenvalue weighted by Gasteiger charge is -2.34. The minimum atomic E-state index is -1.41. The van der Waals surface area contributed by atoms with E-state index >= 15 is 0 Å². The van der Waals surface area contributed by atoms with Gasteiger partial charge in [0.1, 0.15) is 18.1 Å². The molecule has 10 heteroatoms. The van der Waals surface area contributed by atoms with Crippen molar-refractivity contribution >= 4 is 35.3 Å². The number of aliphatic hydroxyl groups excluding tert-OH is 1. The molecule has 1 aromatic carbocycles. The highest BCUT2D eigenvalue weighted by Gasteiger charge is 2.45. The lowest BCUT2D eigenvalue weighted by atomic mass is 10.0. The van der Waals surface area contributed by atoms with Crippen molar-refractivity contribution in [1.29, 1.82) is 0 Å². The van der Waals surface area contributed by atoms with Gasteiger partial charge in [-0.25, -0.2) is 0 Å². The zero-order chi connectivity index (χ0) is 23.7. The summed E-state index contributed by atoms with van der Waals surface area (Å²) in [5.74, 6) is -1.80. The number of aryl methyl sites for hydroxylation is 1. The van der Waals surface area contributed by atoms with E-state index in [1.165, 1.54) is 0 Å². The first-order valence-electron chi connectivity index (χ1n) is 11.0. The number of halogens is 1. The van der Waals surface area contributed by atoms with Crippen LogP contribution in [0.15, 0.2) is 30.4 Å². The van der Waals surface area contributed by atoms with E-state index in [9.17, 15) is 24.3 Å². The molecular formula is C23H26ClN3O6. The van der Waals surface area contributed by atoms with Gasteiger partial charge in [-0.05, 0) is 50.3 Å². The van der Waals surface area contributed by atoms with E-state index in [2.05, 4.69) is 15.4 Å². The molecule has 5 atom stereocenters. The molecule has 1 aromatic rings. The van der Waals surface area contributed by atoms with E-state index < -0.39 is 42.2 Å². The Hall–Kier alpha value is -2.91. The third kappa shape index (κ3) is 4.89. The number of esters is 1. The van der Waals surface area contributed by atoms with Crippen molar-refractivity contribution in [3.8, 4) is 0 Å². The number of hydrogen-bond acceptors (Lipinski definition) is 6. The third-order valence-corrected chi connectivity index (χ3v) is 6.60. The van der Waals surface area contributed by atoms with Gasteiger partial charge >= 0.3 is 5.97 Å². The van der Waals surface area contributed by atoms with Crippen molar-refractivity contribution in [2.45, 2.75) is 69.5 Å². The molecule has 0 bridgehead atoms. The highest BCUT2D eigenvalue weighted by molar-refractivity contribution is 6.31. The molecule has 3 heterocycles.